The van der Waals surface area contributed by atoms with Crippen molar-refractivity contribution in [3.8, 4) is 28.6 Å². The largest absolute Gasteiger partial charge is 0.493 e. The maximum Gasteiger partial charge on any atom is 0.231 e. The Balaban J connectivity index is 2.10. The topological polar surface area (TPSA) is 91.5 Å². The standard InChI is InChI=1S/C12H12N4O3/c1-17-8-4-7(5-9-11(8)19-6-18-9)12-14-3-2-10(15-12)16-13/h2-5H,6,13H2,1H3,(H,14,15,16). The monoisotopic (exact) mass is 260 g/mol. The van der Waals surface area contributed by atoms with Crippen molar-refractivity contribution in [2.24, 2.45) is 5.84 Å². The highest BCUT2D eigenvalue weighted by atomic mass is 16.7. The van der Waals surface area contributed by atoms with E-state index in [4.69, 9.17) is 20.1 Å². The molecule has 2 aromatic rings. The number of hydrogen-bond acceptors (Lipinski definition) is 7. The zero-order valence-electron chi connectivity index (χ0n) is 10.2. The average molecular weight is 260 g/mol. The van der Waals surface area contributed by atoms with Gasteiger partial charge in [0.25, 0.3) is 0 Å². The molecule has 0 atom stereocenters. The van der Waals surface area contributed by atoms with Crippen molar-refractivity contribution >= 4 is 5.82 Å². The summed E-state index contributed by atoms with van der Waals surface area (Å²) in [7, 11) is 1.57. The summed E-state index contributed by atoms with van der Waals surface area (Å²) in [6, 6.07) is 5.28. The lowest BCUT2D eigenvalue weighted by atomic mass is 10.1. The van der Waals surface area contributed by atoms with Gasteiger partial charge >= 0.3 is 0 Å². The lowest BCUT2D eigenvalue weighted by Crippen LogP contribution is -2.09. The van der Waals surface area contributed by atoms with Gasteiger partial charge in [0, 0.05) is 17.8 Å². The van der Waals surface area contributed by atoms with E-state index in [-0.39, 0.29) is 6.79 Å². The van der Waals surface area contributed by atoms with Crippen LogP contribution in [0.1, 0.15) is 0 Å². The van der Waals surface area contributed by atoms with Crippen LogP contribution >= 0.6 is 0 Å². The zero-order valence-corrected chi connectivity index (χ0v) is 10.2. The lowest BCUT2D eigenvalue weighted by molar-refractivity contribution is 0.171. The molecule has 0 spiro atoms. The summed E-state index contributed by atoms with van der Waals surface area (Å²) in [4.78, 5) is 8.46. The molecule has 0 saturated heterocycles. The summed E-state index contributed by atoms with van der Waals surface area (Å²) in [5, 5.41) is 0. The van der Waals surface area contributed by atoms with Crippen molar-refractivity contribution in [1.82, 2.24) is 9.97 Å². The third kappa shape index (κ3) is 2.00. The smallest absolute Gasteiger partial charge is 0.231 e. The Morgan fingerprint density at radius 3 is 3.05 bits per heavy atom. The molecule has 1 aliphatic heterocycles. The minimum Gasteiger partial charge on any atom is -0.493 e. The minimum atomic E-state index is 0.181. The van der Waals surface area contributed by atoms with Crippen LogP contribution in [0.15, 0.2) is 24.4 Å². The molecule has 0 unspecified atom stereocenters. The van der Waals surface area contributed by atoms with Gasteiger partial charge in [0.1, 0.15) is 5.82 Å². The fourth-order valence-electron chi connectivity index (χ4n) is 1.84. The van der Waals surface area contributed by atoms with E-state index >= 15 is 0 Å². The Morgan fingerprint density at radius 2 is 2.26 bits per heavy atom. The number of hydrogen-bond donors (Lipinski definition) is 2. The van der Waals surface area contributed by atoms with E-state index < -0.39 is 0 Å². The second-order valence-electron chi connectivity index (χ2n) is 3.82. The van der Waals surface area contributed by atoms with Crippen LogP contribution in [0.25, 0.3) is 11.4 Å². The zero-order chi connectivity index (χ0) is 13.2. The van der Waals surface area contributed by atoms with Crippen molar-refractivity contribution in [2.45, 2.75) is 0 Å². The Kier molecular flexibility index (Phi) is 2.81. The highest BCUT2D eigenvalue weighted by molar-refractivity contribution is 5.67. The fourth-order valence-corrected chi connectivity index (χ4v) is 1.84. The molecule has 2 heterocycles. The molecule has 0 bridgehead atoms. The Bertz CT molecular complexity index is 618. The number of aromatic nitrogens is 2. The van der Waals surface area contributed by atoms with E-state index in [0.717, 1.165) is 5.56 Å². The third-order valence-electron chi connectivity index (χ3n) is 2.72. The van der Waals surface area contributed by atoms with E-state index in [1.165, 1.54) is 0 Å². The average Bonchev–Trinajstić information content (AvgIpc) is 2.94. The predicted octanol–water partition coefficient (Wildman–Crippen LogP) is 1.17. The van der Waals surface area contributed by atoms with Crippen LogP contribution < -0.4 is 25.5 Å². The summed E-state index contributed by atoms with van der Waals surface area (Å²) in [6.45, 7) is 0.181. The second kappa shape index (κ2) is 4.62. The second-order valence-corrected chi connectivity index (χ2v) is 3.82. The van der Waals surface area contributed by atoms with Crippen molar-refractivity contribution < 1.29 is 14.2 Å². The van der Waals surface area contributed by atoms with Crippen LogP contribution in [-0.4, -0.2) is 23.9 Å². The highest BCUT2D eigenvalue weighted by Gasteiger charge is 2.21. The number of methoxy groups -OCH3 is 1. The van der Waals surface area contributed by atoms with E-state index in [1.54, 1.807) is 31.5 Å². The number of nitrogens with two attached hydrogens (primary N) is 1. The first-order valence-electron chi connectivity index (χ1n) is 5.59. The molecule has 0 amide bonds. The van der Waals surface area contributed by atoms with Gasteiger partial charge in [0.15, 0.2) is 17.3 Å². The van der Waals surface area contributed by atoms with Crippen molar-refractivity contribution in [1.29, 1.82) is 0 Å². The minimum absolute atomic E-state index is 0.181. The molecule has 0 saturated carbocycles. The van der Waals surface area contributed by atoms with E-state index in [1.807, 2.05) is 0 Å². The number of anilines is 1. The highest BCUT2D eigenvalue weighted by Crippen LogP contribution is 2.43. The first-order valence-corrected chi connectivity index (χ1v) is 5.59. The van der Waals surface area contributed by atoms with Crippen molar-refractivity contribution in [3.05, 3.63) is 24.4 Å². The fraction of sp³-hybridized carbons (Fsp3) is 0.167. The molecule has 1 aromatic heterocycles. The molecule has 0 radical (unpaired) electrons. The number of nitrogens with zero attached hydrogens (tertiary/aromatic N) is 2. The molecule has 1 aromatic carbocycles. The molecule has 98 valence electrons. The van der Waals surface area contributed by atoms with Gasteiger partial charge in [-0.05, 0) is 12.1 Å². The molecule has 1 aliphatic rings. The Hall–Kier alpha value is -2.54. The Morgan fingerprint density at radius 1 is 1.37 bits per heavy atom. The molecule has 3 rings (SSSR count). The van der Waals surface area contributed by atoms with Crippen LogP contribution in [0.4, 0.5) is 5.82 Å². The molecule has 0 aliphatic carbocycles. The van der Waals surface area contributed by atoms with E-state index in [2.05, 4.69) is 15.4 Å². The summed E-state index contributed by atoms with van der Waals surface area (Å²) >= 11 is 0. The first kappa shape index (κ1) is 11.5. The van der Waals surface area contributed by atoms with Gasteiger partial charge in [-0.25, -0.2) is 15.8 Å². The lowest BCUT2D eigenvalue weighted by Gasteiger charge is -2.08. The molecule has 19 heavy (non-hydrogen) atoms. The summed E-state index contributed by atoms with van der Waals surface area (Å²) in [5.41, 5.74) is 3.24. The van der Waals surface area contributed by atoms with E-state index in [0.29, 0.717) is 28.9 Å². The molecule has 7 heteroatoms. The summed E-state index contributed by atoms with van der Waals surface area (Å²) in [5.74, 6) is 8.18. The Labute approximate surface area is 109 Å². The van der Waals surface area contributed by atoms with E-state index in [9.17, 15) is 0 Å². The number of nitrogens with one attached hydrogen (secondary N) is 1. The van der Waals surface area contributed by atoms with Gasteiger partial charge in [-0.2, -0.15) is 0 Å². The molecular formula is C12H12N4O3. The molecular weight excluding hydrogens is 248 g/mol. The molecule has 3 N–H and O–H groups in total. The SMILES string of the molecule is COc1cc(-c2nccc(NN)n2)cc2c1OCO2. The number of nitrogen functional groups attached to an aromatic ring is 1. The van der Waals surface area contributed by atoms with Crippen LogP contribution in [0, 0.1) is 0 Å². The van der Waals surface area contributed by atoms with Crippen LogP contribution in [0.3, 0.4) is 0 Å². The van der Waals surface area contributed by atoms with Gasteiger partial charge in [-0.1, -0.05) is 0 Å². The quantitative estimate of drug-likeness (QED) is 0.632. The van der Waals surface area contributed by atoms with Crippen molar-refractivity contribution in [3.63, 3.8) is 0 Å². The number of hydrazine groups is 1. The van der Waals surface area contributed by atoms with Gasteiger partial charge in [0.05, 0.1) is 7.11 Å². The normalized spacial score (nSPS) is 12.3. The number of benzene rings is 1. The van der Waals surface area contributed by atoms with Crippen molar-refractivity contribution in [2.75, 3.05) is 19.3 Å². The first-order chi connectivity index (χ1) is 9.31. The maximum atomic E-state index is 5.36. The molecule has 7 nitrogen and oxygen atoms in total. The van der Waals surface area contributed by atoms with Crippen LogP contribution in [0.2, 0.25) is 0 Å². The van der Waals surface area contributed by atoms with Gasteiger partial charge in [0.2, 0.25) is 12.5 Å². The number of fused-ring (bicyclic) bond motifs is 1. The van der Waals surface area contributed by atoms with Gasteiger partial charge in [-0.15, -0.1) is 0 Å². The molecule has 0 fully saturated rings. The van der Waals surface area contributed by atoms with Gasteiger partial charge < -0.3 is 19.6 Å². The third-order valence-corrected chi connectivity index (χ3v) is 2.72. The predicted molar refractivity (Wildman–Crippen MR) is 68.0 cm³/mol. The van der Waals surface area contributed by atoms with Crippen LogP contribution in [0.5, 0.6) is 17.2 Å². The number of ether oxygens (including phenoxy) is 3. The van der Waals surface area contributed by atoms with Gasteiger partial charge in [-0.3, -0.25) is 0 Å². The number of rotatable bonds is 3. The van der Waals surface area contributed by atoms with Crippen LogP contribution in [-0.2, 0) is 0 Å². The summed E-state index contributed by atoms with van der Waals surface area (Å²) < 4.78 is 16.0. The maximum absolute atomic E-state index is 5.36. The summed E-state index contributed by atoms with van der Waals surface area (Å²) in [6.07, 6.45) is 1.62.